The number of nitrogens with one attached hydrogen (secondary N) is 2. The van der Waals surface area contributed by atoms with Gasteiger partial charge in [-0.25, -0.2) is 0 Å². The minimum absolute atomic E-state index is 0.186. The topological polar surface area (TPSA) is 122 Å². The lowest BCUT2D eigenvalue weighted by molar-refractivity contribution is 1.10. The molecule has 0 aliphatic carbocycles. The second-order valence-electron chi connectivity index (χ2n) is 2.24. The van der Waals surface area contributed by atoms with Gasteiger partial charge in [0.15, 0.2) is 5.82 Å². The van der Waals surface area contributed by atoms with Crippen molar-refractivity contribution in [3.63, 3.8) is 0 Å². The number of nitrogens with two attached hydrogens (primary N) is 2. The van der Waals surface area contributed by atoms with Gasteiger partial charge in [0.05, 0.1) is 11.8 Å². The van der Waals surface area contributed by atoms with Crippen molar-refractivity contribution < 1.29 is 0 Å². The highest BCUT2D eigenvalue weighted by molar-refractivity contribution is 5.67. The molecule has 0 saturated heterocycles. The molecule has 2 aromatic rings. The zero-order chi connectivity index (χ0) is 8.55. The lowest BCUT2D eigenvalue weighted by Crippen LogP contribution is -1.89. The Morgan fingerprint density at radius 2 is 2.08 bits per heavy atom. The number of anilines is 2. The molecular formula is C5H7N7. The first-order chi connectivity index (χ1) is 5.77. The maximum Gasteiger partial charge on any atom is 0.239 e. The van der Waals surface area contributed by atoms with Crippen LogP contribution in [0.4, 0.5) is 11.8 Å². The minimum atomic E-state index is 0.186. The van der Waals surface area contributed by atoms with Crippen molar-refractivity contribution in [3.8, 4) is 11.4 Å². The van der Waals surface area contributed by atoms with Gasteiger partial charge in [-0.15, -0.1) is 5.10 Å². The molecule has 0 aliphatic rings. The largest absolute Gasteiger partial charge is 0.383 e. The van der Waals surface area contributed by atoms with Crippen LogP contribution >= 0.6 is 0 Å². The molecule has 12 heavy (non-hydrogen) atoms. The molecule has 0 bridgehead atoms. The van der Waals surface area contributed by atoms with E-state index in [0.717, 1.165) is 0 Å². The Hall–Kier alpha value is -2.05. The van der Waals surface area contributed by atoms with Crippen LogP contribution in [0.15, 0.2) is 6.20 Å². The highest BCUT2D eigenvalue weighted by Gasteiger charge is 2.07. The van der Waals surface area contributed by atoms with Crippen molar-refractivity contribution in [2.45, 2.75) is 0 Å². The fourth-order valence-corrected chi connectivity index (χ4v) is 0.880. The average Bonchev–Trinajstić information content (AvgIpc) is 2.58. The minimum Gasteiger partial charge on any atom is -0.383 e. The SMILES string of the molecule is Nc1n[nH]c(-c2cn[nH]c2N)n1. The van der Waals surface area contributed by atoms with Gasteiger partial charge in [-0.3, -0.25) is 10.2 Å². The molecule has 0 aliphatic heterocycles. The smallest absolute Gasteiger partial charge is 0.239 e. The van der Waals surface area contributed by atoms with Gasteiger partial charge in [-0.2, -0.15) is 10.1 Å². The summed E-state index contributed by atoms with van der Waals surface area (Å²) in [4.78, 5) is 3.89. The van der Waals surface area contributed by atoms with Gasteiger partial charge in [0.2, 0.25) is 5.95 Å². The van der Waals surface area contributed by atoms with Crippen LogP contribution in [-0.4, -0.2) is 25.4 Å². The number of aromatic amines is 2. The van der Waals surface area contributed by atoms with Gasteiger partial charge in [0.1, 0.15) is 5.82 Å². The van der Waals surface area contributed by atoms with E-state index in [1.807, 2.05) is 0 Å². The van der Waals surface area contributed by atoms with Crippen molar-refractivity contribution in [1.29, 1.82) is 0 Å². The Balaban J connectivity index is 2.50. The van der Waals surface area contributed by atoms with E-state index in [-0.39, 0.29) is 5.95 Å². The van der Waals surface area contributed by atoms with Gasteiger partial charge >= 0.3 is 0 Å². The molecular weight excluding hydrogens is 158 g/mol. The fourth-order valence-electron chi connectivity index (χ4n) is 0.880. The van der Waals surface area contributed by atoms with Gasteiger partial charge in [-0.1, -0.05) is 0 Å². The second kappa shape index (κ2) is 2.22. The Labute approximate surface area is 67.2 Å². The summed E-state index contributed by atoms with van der Waals surface area (Å²) in [6, 6.07) is 0. The van der Waals surface area contributed by atoms with Crippen molar-refractivity contribution in [1.82, 2.24) is 25.4 Å². The van der Waals surface area contributed by atoms with Crippen LogP contribution < -0.4 is 11.5 Å². The van der Waals surface area contributed by atoms with Crippen molar-refractivity contribution in [3.05, 3.63) is 6.20 Å². The molecule has 0 fully saturated rings. The number of hydrogen-bond acceptors (Lipinski definition) is 5. The predicted molar refractivity (Wildman–Crippen MR) is 42.8 cm³/mol. The maximum atomic E-state index is 5.54. The summed E-state index contributed by atoms with van der Waals surface area (Å²) >= 11 is 0. The highest BCUT2D eigenvalue weighted by Crippen LogP contribution is 2.18. The van der Waals surface area contributed by atoms with Crippen LogP contribution in [0.3, 0.4) is 0 Å². The molecule has 6 N–H and O–H groups in total. The molecule has 2 aromatic heterocycles. The summed E-state index contributed by atoms with van der Waals surface area (Å²) in [6.45, 7) is 0. The number of nitrogen functional groups attached to an aromatic ring is 2. The van der Waals surface area contributed by atoms with Crippen LogP contribution in [0.2, 0.25) is 0 Å². The third-order valence-electron chi connectivity index (χ3n) is 1.43. The molecule has 62 valence electrons. The van der Waals surface area contributed by atoms with E-state index in [2.05, 4.69) is 25.4 Å². The summed E-state index contributed by atoms with van der Waals surface area (Å²) in [5, 5.41) is 12.6. The molecule has 0 spiro atoms. The number of hydrogen-bond donors (Lipinski definition) is 4. The molecule has 7 nitrogen and oxygen atoms in total. The Bertz CT molecular complexity index is 386. The summed E-state index contributed by atoms with van der Waals surface area (Å²) < 4.78 is 0. The molecule has 0 radical (unpaired) electrons. The third-order valence-corrected chi connectivity index (χ3v) is 1.43. The first kappa shape index (κ1) is 6.65. The standard InChI is InChI=1S/C5H7N7/c6-3-2(1-8-10-3)4-9-5(7)12-11-4/h1H,(H3,6,8,10)(H3,7,9,11,12). The van der Waals surface area contributed by atoms with Gasteiger partial charge in [0.25, 0.3) is 0 Å². The maximum absolute atomic E-state index is 5.54. The average molecular weight is 165 g/mol. The fraction of sp³-hybridized carbons (Fsp3) is 0. The predicted octanol–water partition coefficient (Wildman–Crippen LogP) is -0.641. The van der Waals surface area contributed by atoms with Crippen molar-refractivity contribution in [2.75, 3.05) is 11.5 Å². The normalized spacial score (nSPS) is 10.3. The van der Waals surface area contributed by atoms with E-state index in [1.165, 1.54) is 0 Å². The zero-order valence-electron chi connectivity index (χ0n) is 6.07. The third kappa shape index (κ3) is 0.875. The molecule has 0 unspecified atom stereocenters. The van der Waals surface area contributed by atoms with E-state index in [9.17, 15) is 0 Å². The van der Waals surface area contributed by atoms with Crippen LogP contribution in [0.5, 0.6) is 0 Å². The lowest BCUT2D eigenvalue weighted by Gasteiger charge is -1.89. The zero-order valence-corrected chi connectivity index (χ0v) is 6.07. The summed E-state index contributed by atoms with van der Waals surface area (Å²) in [6.07, 6.45) is 1.55. The van der Waals surface area contributed by atoms with E-state index in [1.54, 1.807) is 6.20 Å². The molecule has 0 saturated carbocycles. The van der Waals surface area contributed by atoms with Crippen LogP contribution in [0, 0.1) is 0 Å². The number of rotatable bonds is 1. The first-order valence-corrected chi connectivity index (χ1v) is 3.24. The summed E-state index contributed by atoms with van der Waals surface area (Å²) in [5.74, 6) is 1.13. The van der Waals surface area contributed by atoms with Crippen LogP contribution in [0.25, 0.3) is 11.4 Å². The Kier molecular flexibility index (Phi) is 1.23. The summed E-state index contributed by atoms with van der Waals surface area (Å²) in [7, 11) is 0. The molecule has 0 aromatic carbocycles. The van der Waals surface area contributed by atoms with E-state index >= 15 is 0 Å². The number of aromatic nitrogens is 5. The Morgan fingerprint density at radius 1 is 1.25 bits per heavy atom. The van der Waals surface area contributed by atoms with E-state index in [0.29, 0.717) is 17.2 Å². The van der Waals surface area contributed by atoms with Crippen LogP contribution in [0.1, 0.15) is 0 Å². The van der Waals surface area contributed by atoms with Gasteiger partial charge < -0.3 is 11.5 Å². The Morgan fingerprint density at radius 3 is 2.58 bits per heavy atom. The van der Waals surface area contributed by atoms with Gasteiger partial charge in [0, 0.05) is 0 Å². The van der Waals surface area contributed by atoms with E-state index in [4.69, 9.17) is 11.5 Å². The van der Waals surface area contributed by atoms with Crippen molar-refractivity contribution >= 4 is 11.8 Å². The molecule has 2 rings (SSSR count). The number of nitrogens with zero attached hydrogens (tertiary/aromatic N) is 3. The van der Waals surface area contributed by atoms with Crippen molar-refractivity contribution in [2.24, 2.45) is 0 Å². The quantitative estimate of drug-likeness (QED) is 0.447. The van der Waals surface area contributed by atoms with Crippen LogP contribution in [-0.2, 0) is 0 Å². The molecule has 2 heterocycles. The second-order valence-corrected chi connectivity index (χ2v) is 2.24. The number of H-pyrrole nitrogens is 2. The molecule has 7 heteroatoms. The highest BCUT2D eigenvalue weighted by atomic mass is 15.3. The monoisotopic (exact) mass is 165 g/mol. The lowest BCUT2D eigenvalue weighted by atomic mass is 10.3. The summed E-state index contributed by atoms with van der Waals surface area (Å²) in [5.41, 5.74) is 11.5. The molecule has 0 atom stereocenters. The van der Waals surface area contributed by atoms with Gasteiger partial charge in [-0.05, 0) is 0 Å². The first-order valence-electron chi connectivity index (χ1n) is 3.24. The van der Waals surface area contributed by atoms with E-state index < -0.39 is 0 Å². The molecule has 0 amide bonds.